The standard InChI is InChI=1S/C21H26N2O2/c24-21(23-15-18-9-6-12-22-14-18)16-25-20-11-5-4-10-19(20)13-17-7-2-1-3-8-17/h1-5,7-8,10-11,18,22H,6,9,12-16H2,(H,23,24). The lowest BCUT2D eigenvalue weighted by molar-refractivity contribution is -0.123. The molecule has 0 aromatic heterocycles. The largest absolute Gasteiger partial charge is 0.483 e. The molecule has 0 bridgehead atoms. The lowest BCUT2D eigenvalue weighted by Crippen LogP contribution is -2.39. The van der Waals surface area contributed by atoms with E-state index in [1.165, 1.54) is 18.4 Å². The molecule has 25 heavy (non-hydrogen) atoms. The Morgan fingerprint density at radius 2 is 1.92 bits per heavy atom. The predicted molar refractivity (Wildman–Crippen MR) is 99.8 cm³/mol. The summed E-state index contributed by atoms with van der Waals surface area (Å²) in [6.45, 7) is 2.86. The van der Waals surface area contributed by atoms with Crippen LogP contribution >= 0.6 is 0 Å². The highest BCUT2D eigenvalue weighted by Gasteiger charge is 2.14. The van der Waals surface area contributed by atoms with Gasteiger partial charge in [-0.1, -0.05) is 48.5 Å². The van der Waals surface area contributed by atoms with E-state index in [-0.39, 0.29) is 12.5 Å². The van der Waals surface area contributed by atoms with E-state index >= 15 is 0 Å². The molecule has 1 atom stereocenters. The molecule has 132 valence electrons. The van der Waals surface area contributed by atoms with E-state index in [2.05, 4.69) is 22.8 Å². The summed E-state index contributed by atoms with van der Waals surface area (Å²) in [5.74, 6) is 1.25. The third kappa shape index (κ3) is 5.61. The van der Waals surface area contributed by atoms with Crippen LogP contribution in [0.2, 0.25) is 0 Å². The molecule has 0 aliphatic carbocycles. The van der Waals surface area contributed by atoms with Crippen LogP contribution in [0, 0.1) is 5.92 Å². The Kier molecular flexibility index (Phi) is 6.46. The lowest BCUT2D eigenvalue weighted by Gasteiger charge is -2.22. The number of ether oxygens (including phenoxy) is 1. The second-order valence-corrected chi connectivity index (χ2v) is 6.58. The average Bonchev–Trinajstić information content (AvgIpc) is 2.67. The van der Waals surface area contributed by atoms with E-state index in [1.807, 2.05) is 42.5 Å². The smallest absolute Gasteiger partial charge is 0.257 e. The van der Waals surface area contributed by atoms with E-state index < -0.39 is 0 Å². The number of para-hydroxylation sites is 1. The fourth-order valence-electron chi connectivity index (χ4n) is 3.16. The number of piperidine rings is 1. The zero-order chi connectivity index (χ0) is 17.3. The quantitative estimate of drug-likeness (QED) is 0.816. The van der Waals surface area contributed by atoms with Crippen molar-refractivity contribution in [2.45, 2.75) is 19.3 Å². The second-order valence-electron chi connectivity index (χ2n) is 6.58. The maximum atomic E-state index is 12.1. The summed E-state index contributed by atoms with van der Waals surface area (Å²) < 4.78 is 5.78. The van der Waals surface area contributed by atoms with E-state index in [4.69, 9.17) is 4.74 Å². The van der Waals surface area contributed by atoms with Gasteiger partial charge in [0.05, 0.1) is 0 Å². The van der Waals surface area contributed by atoms with E-state index in [9.17, 15) is 4.79 Å². The summed E-state index contributed by atoms with van der Waals surface area (Å²) >= 11 is 0. The van der Waals surface area contributed by atoms with Crippen LogP contribution in [0.4, 0.5) is 0 Å². The Bertz CT molecular complexity index is 667. The molecule has 4 nitrogen and oxygen atoms in total. The molecule has 4 heteroatoms. The number of carbonyl (C=O) groups is 1. The van der Waals surface area contributed by atoms with Gasteiger partial charge in [-0.15, -0.1) is 0 Å². The van der Waals surface area contributed by atoms with Gasteiger partial charge in [-0.3, -0.25) is 4.79 Å². The Morgan fingerprint density at radius 1 is 1.12 bits per heavy atom. The third-order valence-electron chi connectivity index (χ3n) is 4.56. The predicted octanol–water partition coefficient (Wildman–Crippen LogP) is 2.77. The van der Waals surface area contributed by atoms with Gasteiger partial charge in [0, 0.05) is 13.0 Å². The molecule has 1 amide bonds. The topological polar surface area (TPSA) is 50.4 Å². The molecule has 3 rings (SSSR count). The molecule has 1 aliphatic heterocycles. The Labute approximate surface area is 149 Å². The number of hydrogen-bond acceptors (Lipinski definition) is 3. The average molecular weight is 338 g/mol. The van der Waals surface area contributed by atoms with Crippen LogP contribution in [0.25, 0.3) is 0 Å². The highest BCUT2D eigenvalue weighted by Crippen LogP contribution is 2.21. The minimum absolute atomic E-state index is 0.0555. The second kappa shape index (κ2) is 9.23. The van der Waals surface area contributed by atoms with Crippen LogP contribution in [0.3, 0.4) is 0 Å². The molecule has 1 unspecified atom stereocenters. The Balaban J connectivity index is 1.49. The molecule has 2 aromatic rings. The van der Waals surface area contributed by atoms with Gasteiger partial charge in [0.15, 0.2) is 6.61 Å². The van der Waals surface area contributed by atoms with Crippen molar-refractivity contribution in [3.8, 4) is 5.75 Å². The number of amides is 1. The normalized spacial score (nSPS) is 17.0. The lowest BCUT2D eigenvalue weighted by atomic mass is 10.00. The summed E-state index contributed by atoms with van der Waals surface area (Å²) in [5, 5.41) is 6.35. The Hall–Kier alpha value is -2.33. The maximum absolute atomic E-state index is 12.1. The molecule has 0 spiro atoms. The van der Waals surface area contributed by atoms with Gasteiger partial charge >= 0.3 is 0 Å². The number of hydrogen-bond donors (Lipinski definition) is 2. The summed E-state index contributed by atoms with van der Waals surface area (Å²) in [6, 6.07) is 18.2. The van der Waals surface area contributed by atoms with Gasteiger partial charge in [-0.05, 0) is 49.0 Å². The van der Waals surface area contributed by atoms with Crippen molar-refractivity contribution in [2.75, 3.05) is 26.2 Å². The Morgan fingerprint density at radius 3 is 2.72 bits per heavy atom. The van der Waals surface area contributed by atoms with Crippen LogP contribution in [0.5, 0.6) is 5.75 Å². The molecule has 0 radical (unpaired) electrons. The van der Waals surface area contributed by atoms with Crippen molar-refractivity contribution in [2.24, 2.45) is 5.92 Å². The van der Waals surface area contributed by atoms with Gasteiger partial charge in [0.1, 0.15) is 5.75 Å². The van der Waals surface area contributed by atoms with Crippen LogP contribution < -0.4 is 15.4 Å². The van der Waals surface area contributed by atoms with Crippen LogP contribution in [0.15, 0.2) is 54.6 Å². The fraction of sp³-hybridized carbons (Fsp3) is 0.381. The third-order valence-corrected chi connectivity index (χ3v) is 4.56. The van der Waals surface area contributed by atoms with Crippen molar-refractivity contribution < 1.29 is 9.53 Å². The first-order valence-electron chi connectivity index (χ1n) is 9.03. The summed E-state index contributed by atoms with van der Waals surface area (Å²) in [5.41, 5.74) is 2.32. The molecule has 1 aliphatic rings. The first-order valence-corrected chi connectivity index (χ1v) is 9.03. The minimum Gasteiger partial charge on any atom is -0.483 e. The molecule has 1 heterocycles. The van der Waals surface area contributed by atoms with E-state index in [1.54, 1.807) is 0 Å². The molecule has 2 N–H and O–H groups in total. The summed E-state index contributed by atoms with van der Waals surface area (Å²) in [6.07, 6.45) is 3.16. The van der Waals surface area contributed by atoms with Crippen molar-refractivity contribution in [1.29, 1.82) is 0 Å². The maximum Gasteiger partial charge on any atom is 0.257 e. The van der Waals surface area contributed by atoms with Gasteiger partial charge in [-0.25, -0.2) is 0 Å². The SMILES string of the molecule is O=C(COc1ccccc1Cc1ccccc1)NCC1CCCNC1. The van der Waals surface area contributed by atoms with Crippen LogP contribution in [0.1, 0.15) is 24.0 Å². The fourth-order valence-corrected chi connectivity index (χ4v) is 3.16. The number of nitrogens with one attached hydrogen (secondary N) is 2. The van der Waals surface area contributed by atoms with Gasteiger partial charge < -0.3 is 15.4 Å². The first kappa shape index (κ1) is 17.5. The molecule has 1 fully saturated rings. The molecule has 1 saturated heterocycles. The molecular formula is C21H26N2O2. The molecular weight excluding hydrogens is 312 g/mol. The number of benzene rings is 2. The van der Waals surface area contributed by atoms with E-state index in [0.717, 1.165) is 37.4 Å². The van der Waals surface area contributed by atoms with Crippen molar-refractivity contribution in [1.82, 2.24) is 10.6 Å². The highest BCUT2D eigenvalue weighted by molar-refractivity contribution is 5.77. The zero-order valence-electron chi connectivity index (χ0n) is 14.5. The highest BCUT2D eigenvalue weighted by atomic mass is 16.5. The zero-order valence-corrected chi connectivity index (χ0v) is 14.5. The minimum atomic E-state index is -0.0555. The van der Waals surface area contributed by atoms with Crippen LogP contribution in [-0.4, -0.2) is 32.1 Å². The van der Waals surface area contributed by atoms with Gasteiger partial charge in [-0.2, -0.15) is 0 Å². The first-order chi connectivity index (χ1) is 12.3. The molecule has 0 saturated carbocycles. The summed E-state index contributed by atoms with van der Waals surface area (Å²) in [4.78, 5) is 12.1. The monoisotopic (exact) mass is 338 g/mol. The van der Waals surface area contributed by atoms with Crippen LogP contribution in [-0.2, 0) is 11.2 Å². The van der Waals surface area contributed by atoms with Crippen molar-refractivity contribution >= 4 is 5.91 Å². The van der Waals surface area contributed by atoms with Crippen molar-refractivity contribution in [3.05, 3.63) is 65.7 Å². The van der Waals surface area contributed by atoms with E-state index in [0.29, 0.717) is 5.92 Å². The summed E-state index contributed by atoms with van der Waals surface area (Å²) in [7, 11) is 0. The van der Waals surface area contributed by atoms with Gasteiger partial charge in [0.2, 0.25) is 0 Å². The number of carbonyl (C=O) groups excluding carboxylic acids is 1. The molecule has 2 aromatic carbocycles. The van der Waals surface area contributed by atoms with Gasteiger partial charge in [0.25, 0.3) is 5.91 Å². The number of rotatable bonds is 7. The van der Waals surface area contributed by atoms with Crippen molar-refractivity contribution in [3.63, 3.8) is 0 Å².